The Morgan fingerprint density at radius 1 is 1.08 bits per heavy atom. The molecule has 0 radical (unpaired) electrons. The Hall–Kier alpha value is -2.95. The van der Waals surface area contributed by atoms with Gasteiger partial charge >= 0.3 is 0 Å². The molecule has 2 aromatic carbocycles. The maximum absolute atomic E-state index is 11.3. The predicted octanol–water partition coefficient (Wildman–Crippen LogP) is 4.10. The summed E-state index contributed by atoms with van der Waals surface area (Å²) in [7, 11) is 1.41. The number of hydrogen-bond donors (Lipinski definition) is 0. The third-order valence-electron chi connectivity index (χ3n) is 4.04. The summed E-state index contributed by atoms with van der Waals surface area (Å²) in [6.45, 7) is 8.22. The molecule has 0 fully saturated rings. The van der Waals surface area contributed by atoms with E-state index in [9.17, 15) is 4.79 Å². The van der Waals surface area contributed by atoms with Gasteiger partial charge in [0.05, 0.1) is 5.71 Å². The molecule has 0 amide bonds. The van der Waals surface area contributed by atoms with Crippen molar-refractivity contribution in [1.82, 2.24) is 0 Å². The average Bonchev–Trinajstić information content (AvgIpc) is 2.60. The van der Waals surface area contributed by atoms with Gasteiger partial charge in [-0.2, -0.15) is 0 Å². The summed E-state index contributed by atoms with van der Waals surface area (Å²) < 4.78 is 0. The first kappa shape index (κ1) is 19.4. The number of nitrogens with zero attached hydrogens (tertiary/aromatic N) is 2. The van der Waals surface area contributed by atoms with E-state index in [1.54, 1.807) is 0 Å². The van der Waals surface area contributed by atoms with Gasteiger partial charge in [-0.3, -0.25) is 4.79 Å². The van der Waals surface area contributed by atoms with Crippen LogP contribution in [0.2, 0.25) is 0 Å². The fourth-order valence-corrected chi connectivity index (χ4v) is 2.80. The van der Waals surface area contributed by atoms with Gasteiger partial charge in [0.2, 0.25) is 0 Å². The van der Waals surface area contributed by atoms with Crippen molar-refractivity contribution in [1.29, 1.82) is 0 Å². The monoisotopic (exact) mass is 352 g/mol. The van der Waals surface area contributed by atoms with E-state index >= 15 is 0 Å². The van der Waals surface area contributed by atoms with Crippen LogP contribution in [-0.4, -0.2) is 24.8 Å². The Labute approximate surface area is 154 Å². The molecule has 5 nitrogen and oxygen atoms in total. The van der Waals surface area contributed by atoms with Crippen molar-refractivity contribution in [2.24, 2.45) is 10.3 Å². The van der Waals surface area contributed by atoms with Crippen LogP contribution in [0.15, 0.2) is 46.7 Å². The summed E-state index contributed by atoms with van der Waals surface area (Å²) in [6, 6.07) is 11.9. The van der Waals surface area contributed by atoms with Crippen LogP contribution in [0.4, 0.5) is 0 Å². The van der Waals surface area contributed by atoms with Gasteiger partial charge in [-0.25, -0.2) is 0 Å². The first-order chi connectivity index (χ1) is 12.5. The minimum Gasteiger partial charge on any atom is -0.399 e. The molecule has 2 rings (SSSR count). The molecular formula is C21H24N2O3. The van der Waals surface area contributed by atoms with Gasteiger partial charge in [0.1, 0.15) is 19.4 Å². The number of carbonyl (C=O) groups excluding carboxylic acids is 1. The molecule has 0 saturated heterocycles. The summed E-state index contributed by atoms with van der Waals surface area (Å²) in [4.78, 5) is 21.7. The normalized spacial score (nSPS) is 12.0. The van der Waals surface area contributed by atoms with Crippen molar-refractivity contribution in [3.8, 4) is 0 Å². The number of aryl methyl sites for hydroxylation is 3. The van der Waals surface area contributed by atoms with Gasteiger partial charge in [-0.15, -0.1) is 0 Å². The molecule has 0 bridgehead atoms. The zero-order chi connectivity index (χ0) is 19.1. The number of rotatable bonds is 7. The molecule has 0 aliphatic carbocycles. The van der Waals surface area contributed by atoms with Crippen molar-refractivity contribution < 1.29 is 14.5 Å². The van der Waals surface area contributed by atoms with E-state index in [1.165, 1.54) is 18.2 Å². The number of carbonyl (C=O) groups is 1. The molecule has 136 valence electrons. The number of aldehydes is 1. The quantitative estimate of drug-likeness (QED) is 0.428. The third-order valence-corrected chi connectivity index (χ3v) is 4.04. The number of benzene rings is 2. The molecule has 0 N–H and O–H groups in total. The zero-order valence-corrected chi connectivity index (χ0v) is 15.9. The SMILES string of the molecule is CO/N=C(/C=O)c1cccc(C)c1CO/N=C(\C)c1cc(C)cc(C)c1. The van der Waals surface area contributed by atoms with Crippen LogP contribution >= 0.6 is 0 Å². The fourth-order valence-electron chi connectivity index (χ4n) is 2.80. The second kappa shape index (κ2) is 8.94. The zero-order valence-electron chi connectivity index (χ0n) is 15.9. The average molecular weight is 352 g/mol. The molecule has 26 heavy (non-hydrogen) atoms. The van der Waals surface area contributed by atoms with Gasteiger partial charge in [0, 0.05) is 11.1 Å². The maximum Gasteiger partial charge on any atom is 0.172 e. The Morgan fingerprint density at radius 2 is 1.77 bits per heavy atom. The highest BCUT2D eigenvalue weighted by Gasteiger charge is 2.12. The highest BCUT2D eigenvalue weighted by Crippen LogP contribution is 2.17. The summed E-state index contributed by atoms with van der Waals surface area (Å²) in [5.74, 6) is 0. The Balaban J connectivity index is 2.24. The van der Waals surface area contributed by atoms with E-state index in [0.29, 0.717) is 11.8 Å². The largest absolute Gasteiger partial charge is 0.399 e. The minimum absolute atomic E-state index is 0.227. The van der Waals surface area contributed by atoms with Crippen LogP contribution in [0.5, 0.6) is 0 Å². The van der Waals surface area contributed by atoms with Gasteiger partial charge < -0.3 is 9.68 Å². The van der Waals surface area contributed by atoms with Crippen molar-refractivity contribution in [2.75, 3.05) is 7.11 Å². The summed E-state index contributed by atoms with van der Waals surface area (Å²) in [5, 5.41) is 8.02. The number of oxime groups is 2. The van der Waals surface area contributed by atoms with Crippen molar-refractivity contribution >= 4 is 17.7 Å². The second-order valence-electron chi connectivity index (χ2n) is 6.20. The molecular weight excluding hydrogens is 328 g/mol. The molecule has 5 heteroatoms. The van der Waals surface area contributed by atoms with Crippen LogP contribution in [0.1, 0.15) is 40.3 Å². The summed E-state index contributed by atoms with van der Waals surface area (Å²) in [6.07, 6.45) is 0.672. The molecule has 2 aromatic rings. The lowest BCUT2D eigenvalue weighted by Gasteiger charge is -2.11. The summed E-state index contributed by atoms with van der Waals surface area (Å²) in [5.41, 5.74) is 6.95. The van der Waals surface area contributed by atoms with E-state index in [2.05, 4.69) is 42.4 Å². The van der Waals surface area contributed by atoms with Crippen LogP contribution in [-0.2, 0) is 21.1 Å². The fraction of sp³-hybridized carbons (Fsp3) is 0.286. The number of hydrogen-bond acceptors (Lipinski definition) is 5. The molecule has 0 spiro atoms. The lowest BCUT2D eigenvalue weighted by Crippen LogP contribution is -2.09. The van der Waals surface area contributed by atoms with E-state index in [0.717, 1.165) is 22.4 Å². The minimum atomic E-state index is 0.227. The predicted molar refractivity (Wildman–Crippen MR) is 104 cm³/mol. The van der Waals surface area contributed by atoms with Crippen LogP contribution < -0.4 is 0 Å². The van der Waals surface area contributed by atoms with Gasteiger partial charge in [-0.1, -0.05) is 57.8 Å². The van der Waals surface area contributed by atoms with Crippen LogP contribution in [0.25, 0.3) is 0 Å². The molecule has 0 atom stereocenters. The highest BCUT2D eigenvalue weighted by atomic mass is 16.6. The Morgan fingerprint density at radius 3 is 2.38 bits per heavy atom. The molecule has 0 aliphatic rings. The molecule has 0 saturated carbocycles. The van der Waals surface area contributed by atoms with Crippen molar-refractivity contribution in [2.45, 2.75) is 34.3 Å². The first-order valence-electron chi connectivity index (χ1n) is 8.36. The maximum atomic E-state index is 11.3. The smallest absolute Gasteiger partial charge is 0.172 e. The van der Waals surface area contributed by atoms with Gasteiger partial charge in [-0.05, 0) is 38.8 Å². The molecule has 0 aliphatic heterocycles. The van der Waals surface area contributed by atoms with E-state index in [1.807, 2.05) is 32.0 Å². The van der Waals surface area contributed by atoms with Crippen LogP contribution in [0, 0.1) is 20.8 Å². The van der Waals surface area contributed by atoms with Gasteiger partial charge in [0.25, 0.3) is 0 Å². The first-order valence-corrected chi connectivity index (χ1v) is 8.36. The highest BCUT2D eigenvalue weighted by molar-refractivity contribution is 6.36. The Kier molecular flexibility index (Phi) is 6.67. The van der Waals surface area contributed by atoms with Gasteiger partial charge in [0.15, 0.2) is 6.29 Å². The van der Waals surface area contributed by atoms with Crippen molar-refractivity contribution in [3.63, 3.8) is 0 Å². The third kappa shape index (κ3) is 4.79. The molecule has 0 aromatic heterocycles. The van der Waals surface area contributed by atoms with Crippen LogP contribution in [0.3, 0.4) is 0 Å². The standard InChI is InChI=1S/C21H24N2O3/c1-14-9-15(2)11-18(10-14)17(4)22-26-13-20-16(3)7-6-8-19(20)21(12-24)23-25-5/h6-12H,13H2,1-5H3/b22-17+,23-21-. The summed E-state index contributed by atoms with van der Waals surface area (Å²) >= 11 is 0. The lowest BCUT2D eigenvalue weighted by atomic mass is 9.99. The van der Waals surface area contributed by atoms with Crippen molar-refractivity contribution in [3.05, 3.63) is 69.8 Å². The lowest BCUT2D eigenvalue weighted by molar-refractivity contribution is -0.102. The van der Waals surface area contributed by atoms with E-state index in [-0.39, 0.29) is 12.3 Å². The Bertz CT molecular complexity index is 834. The molecule has 0 heterocycles. The van der Waals surface area contributed by atoms with E-state index < -0.39 is 0 Å². The topological polar surface area (TPSA) is 60.2 Å². The second-order valence-corrected chi connectivity index (χ2v) is 6.20. The molecule has 0 unspecified atom stereocenters. The van der Waals surface area contributed by atoms with E-state index in [4.69, 9.17) is 9.68 Å².